The lowest BCUT2D eigenvalue weighted by Crippen LogP contribution is -2.07. The number of anilines is 1. The topological polar surface area (TPSA) is 24.9 Å². The van der Waals surface area contributed by atoms with Crippen LogP contribution in [0.2, 0.25) is 5.15 Å². The minimum Gasteiger partial charge on any atom is -0.370 e. The molecule has 1 aromatic rings. The van der Waals surface area contributed by atoms with Gasteiger partial charge in [0, 0.05) is 6.54 Å². The number of aromatic nitrogens is 1. The molecule has 0 saturated heterocycles. The standard InChI is InChI=1S/C11H15ClN2/c1-11(5-6-11)7-8-13-10-4-2-3-9(12)14-10/h2-4H,5-8H2,1H3,(H,13,14). The maximum atomic E-state index is 5.77. The fourth-order valence-electron chi connectivity index (χ4n) is 1.46. The quantitative estimate of drug-likeness (QED) is 0.772. The lowest BCUT2D eigenvalue weighted by atomic mass is 10.1. The van der Waals surface area contributed by atoms with E-state index in [-0.39, 0.29) is 0 Å². The van der Waals surface area contributed by atoms with Crippen molar-refractivity contribution in [3.63, 3.8) is 0 Å². The molecule has 1 fully saturated rings. The number of nitrogens with one attached hydrogen (secondary N) is 1. The van der Waals surface area contributed by atoms with Crippen LogP contribution < -0.4 is 5.32 Å². The molecule has 0 amide bonds. The van der Waals surface area contributed by atoms with E-state index in [1.807, 2.05) is 12.1 Å². The Balaban J connectivity index is 1.80. The van der Waals surface area contributed by atoms with Gasteiger partial charge in [0.1, 0.15) is 11.0 Å². The van der Waals surface area contributed by atoms with Crippen LogP contribution >= 0.6 is 11.6 Å². The van der Waals surface area contributed by atoms with Crippen molar-refractivity contribution in [2.45, 2.75) is 26.2 Å². The average molecular weight is 211 g/mol. The highest BCUT2D eigenvalue weighted by Crippen LogP contribution is 2.47. The Morgan fingerprint density at radius 2 is 2.29 bits per heavy atom. The first kappa shape index (κ1) is 9.78. The second-order valence-corrected chi connectivity index (χ2v) is 4.72. The Morgan fingerprint density at radius 3 is 2.93 bits per heavy atom. The maximum Gasteiger partial charge on any atom is 0.131 e. The third-order valence-electron chi connectivity index (χ3n) is 2.85. The molecule has 0 atom stereocenters. The Morgan fingerprint density at radius 1 is 1.50 bits per heavy atom. The van der Waals surface area contributed by atoms with Gasteiger partial charge < -0.3 is 5.32 Å². The normalized spacial score (nSPS) is 17.9. The summed E-state index contributed by atoms with van der Waals surface area (Å²) in [4.78, 5) is 4.17. The van der Waals surface area contributed by atoms with Crippen LogP contribution in [0, 0.1) is 5.41 Å². The summed E-state index contributed by atoms with van der Waals surface area (Å²) < 4.78 is 0. The first-order chi connectivity index (χ1) is 6.68. The van der Waals surface area contributed by atoms with Crippen molar-refractivity contribution in [1.82, 2.24) is 4.98 Å². The van der Waals surface area contributed by atoms with E-state index in [1.165, 1.54) is 19.3 Å². The van der Waals surface area contributed by atoms with Crippen molar-refractivity contribution < 1.29 is 0 Å². The maximum absolute atomic E-state index is 5.77. The van der Waals surface area contributed by atoms with E-state index < -0.39 is 0 Å². The molecule has 0 bridgehead atoms. The lowest BCUT2D eigenvalue weighted by molar-refractivity contribution is 0.536. The molecule has 76 valence electrons. The summed E-state index contributed by atoms with van der Waals surface area (Å²) in [5.41, 5.74) is 0.603. The lowest BCUT2D eigenvalue weighted by Gasteiger charge is -2.09. The summed E-state index contributed by atoms with van der Waals surface area (Å²) >= 11 is 5.77. The van der Waals surface area contributed by atoms with E-state index in [1.54, 1.807) is 6.07 Å². The summed E-state index contributed by atoms with van der Waals surface area (Å²) in [6.45, 7) is 3.32. The number of hydrogen-bond donors (Lipinski definition) is 1. The molecule has 1 aliphatic carbocycles. The Bertz CT molecular complexity index is 321. The van der Waals surface area contributed by atoms with Crippen molar-refractivity contribution in [3.8, 4) is 0 Å². The van der Waals surface area contributed by atoms with Crippen molar-refractivity contribution in [1.29, 1.82) is 0 Å². The van der Waals surface area contributed by atoms with Crippen molar-refractivity contribution in [2.24, 2.45) is 5.41 Å². The van der Waals surface area contributed by atoms with Gasteiger partial charge in [-0.15, -0.1) is 0 Å². The van der Waals surface area contributed by atoms with E-state index in [4.69, 9.17) is 11.6 Å². The van der Waals surface area contributed by atoms with Gasteiger partial charge >= 0.3 is 0 Å². The van der Waals surface area contributed by atoms with Crippen LogP contribution in [0.4, 0.5) is 5.82 Å². The minimum absolute atomic E-state index is 0.549. The summed E-state index contributed by atoms with van der Waals surface area (Å²) in [7, 11) is 0. The Hall–Kier alpha value is -0.760. The molecule has 0 radical (unpaired) electrons. The highest BCUT2D eigenvalue weighted by molar-refractivity contribution is 6.29. The monoisotopic (exact) mass is 210 g/mol. The van der Waals surface area contributed by atoms with E-state index in [2.05, 4.69) is 17.2 Å². The molecule has 1 saturated carbocycles. The van der Waals surface area contributed by atoms with Gasteiger partial charge in [0.05, 0.1) is 0 Å². The molecule has 0 spiro atoms. The van der Waals surface area contributed by atoms with Gasteiger partial charge in [0.15, 0.2) is 0 Å². The molecule has 1 N–H and O–H groups in total. The number of pyridine rings is 1. The second-order valence-electron chi connectivity index (χ2n) is 4.33. The number of rotatable bonds is 4. The number of nitrogens with zero attached hydrogens (tertiary/aromatic N) is 1. The molecule has 14 heavy (non-hydrogen) atoms. The molecule has 2 rings (SSSR count). The minimum atomic E-state index is 0.549. The fraction of sp³-hybridized carbons (Fsp3) is 0.545. The van der Waals surface area contributed by atoms with E-state index in [0.717, 1.165) is 12.4 Å². The zero-order valence-electron chi connectivity index (χ0n) is 8.39. The van der Waals surface area contributed by atoms with E-state index in [0.29, 0.717) is 10.6 Å². The SMILES string of the molecule is CC1(CCNc2cccc(Cl)n2)CC1. The zero-order chi connectivity index (χ0) is 10.0. The van der Waals surface area contributed by atoms with Crippen LogP contribution in [0.5, 0.6) is 0 Å². The average Bonchev–Trinajstić information content (AvgIpc) is 2.84. The Kier molecular flexibility index (Phi) is 2.64. The summed E-state index contributed by atoms with van der Waals surface area (Å²) in [5, 5.41) is 3.84. The summed E-state index contributed by atoms with van der Waals surface area (Å²) in [5.74, 6) is 0.877. The van der Waals surface area contributed by atoms with E-state index in [9.17, 15) is 0 Å². The number of halogens is 1. The van der Waals surface area contributed by atoms with Gasteiger partial charge in [-0.2, -0.15) is 0 Å². The van der Waals surface area contributed by atoms with Crippen LogP contribution in [0.25, 0.3) is 0 Å². The largest absolute Gasteiger partial charge is 0.370 e. The smallest absolute Gasteiger partial charge is 0.131 e. The summed E-state index contributed by atoms with van der Waals surface area (Å²) in [6.07, 6.45) is 3.97. The van der Waals surface area contributed by atoms with Crippen molar-refractivity contribution in [2.75, 3.05) is 11.9 Å². The van der Waals surface area contributed by atoms with Crippen molar-refractivity contribution in [3.05, 3.63) is 23.4 Å². The highest BCUT2D eigenvalue weighted by atomic mass is 35.5. The molecule has 2 nitrogen and oxygen atoms in total. The first-order valence-corrected chi connectivity index (χ1v) is 5.42. The van der Waals surface area contributed by atoms with Gasteiger partial charge in [-0.3, -0.25) is 0 Å². The molecular formula is C11H15ClN2. The molecular weight excluding hydrogens is 196 g/mol. The van der Waals surface area contributed by atoms with Crippen LogP contribution in [0.3, 0.4) is 0 Å². The second kappa shape index (κ2) is 3.77. The first-order valence-electron chi connectivity index (χ1n) is 5.04. The van der Waals surface area contributed by atoms with Crippen LogP contribution in [0.15, 0.2) is 18.2 Å². The molecule has 0 aliphatic heterocycles. The van der Waals surface area contributed by atoms with Crippen LogP contribution in [-0.2, 0) is 0 Å². The van der Waals surface area contributed by atoms with Crippen molar-refractivity contribution >= 4 is 17.4 Å². The van der Waals surface area contributed by atoms with Gasteiger partial charge in [0.25, 0.3) is 0 Å². The third-order valence-corrected chi connectivity index (χ3v) is 3.06. The van der Waals surface area contributed by atoms with Gasteiger partial charge in [-0.1, -0.05) is 24.6 Å². The third kappa shape index (κ3) is 2.61. The number of hydrogen-bond acceptors (Lipinski definition) is 2. The summed E-state index contributed by atoms with van der Waals surface area (Å²) in [6, 6.07) is 5.65. The van der Waals surface area contributed by atoms with E-state index >= 15 is 0 Å². The molecule has 1 heterocycles. The van der Waals surface area contributed by atoms with Gasteiger partial charge in [0.2, 0.25) is 0 Å². The highest BCUT2D eigenvalue weighted by Gasteiger charge is 2.36. The predicted octanol–water partition coefficient (Wildman–Crippen LogP) is 3.34. The molecule has 0 aromatic carbocycles. The van der Waals surface area contributed by atoms with Crippen LogP contribution in [0.1, 0.15) is 26.2 Å². The predicted molar refractivity (Wildman–Crippen MR) is 59.7 cm³/mol. The fourth-order valence-corrected chi connectivity index (χ4v) is 1.63. The zero-order valence-corrected chi connectivity index (χ0v) is 9.14. The molecule has 1 aliphatic rings. The molecule has 1 aromatic heterocycles. The Labute approximate surface area is 89.7 Å². The molecule has 3 heteroatoms. The molecule has 0 unspecified atom stereocenters. The van der Waals surface area contributed by atoms with Crippen LogP contribution in [-0.4, -0.2) is 11.5 Å². The van der Waals surface area contributed by atoms with Gasteiger partial charge in [-0.25, -0.2) is 4.98 Å². The van der Waals surface area contributed by atoms with Gasteiger partial charge in [-0.05, 0) is 36.8 Å².